The molecule has 1 aliphatic heterocycles. The Bertz CT molecular complexity index is 494. The van der Waals surface area contributed by atoms with Crippen molar-refractivity contribution in [2.75, 3.05) is 46.4 Å². The average molecular weight is 452 g/mol. The van der Waals surface area contributed by atoms with E-state index in [1.165, 1.54) is 0 Å². The fourth-order valence-electron chi connectivity index (χ4n) is 2.44. The fourth-order valence-corrected chi connectivity index (χ4v) is 2.44. The number of aliphatic hydroxyl groups is 1. The summed E-state index contributed by atoms with van der Waals surface area (Å²) in [5.41, 5.74) is -1.13. The van der Waals surface area contributed by atoms with E-state index >= 15 is 0 Å². The zero-order valence-electron chi connectivity index (χ0n) is 14.6. The van der Waals surface area contributed by atoms with E-state index in [-0.39, 0.29) is 36.6 Å². The van der Waals surface area contributed by atoms with Crippen molar-refractivity contribution in [1.29, 1.82) is 0 Å². The van der Waals surface area contributed by atoms with Crippen molar-refractivity contribution >= 4 is 29.9 Å². The van der Waals surface area contributed by atoms with E-state index in [1.807, 2.05) is 6.92 Å². The van der Waals surface area contributed by atoms with Gasteiger partial charge in [-0.05, 0) is 33.0 Å². The highest BCUT2D eigenvalue weighted by molar-refractivity contribution is 14.0. The second kappa shape index (κ2) is 10.2. The maximum absolute atomic E-state index is 10.5. The SMILES string of the molecule is CCNC(=NCC(C)(O)c1ccco1)NCC1CN(C)CCO1.I. The number of halogens is 1. The van der Waals surface area contributed by atoms with Crippen LogP contribution in [-0.4, -0.2) is 68.4 Å². The van der Waals surface area contributed by atoms with Gasteiger partial charge in [-0.15, -0.1) is 24.0 Å². The molecule has 1 aliphatic rings. The highest BCUT2D eigenvalue weighted by atomic mass is 127. The number of morpholine rings is 1. The van der Waals surface area contributed by atoms with Crippen molar-refractivity contribution in [3.05, 3.63) is 24.2 Å². The third-order valence-corrected chi connectivity index (χ3v) is 3.78. The van der Waals surface area contributed by atoms with Crippen LogP contribution in [0.2, 0.25) is 0 Å². The molecule has 2 unspecified atom stereocenters. The molecule has 0 aromatic carbocycles. The van der Waals surface area contributed by atoms with Crippen LogP contribution >= 0.6 is 24.0 Å². The van der Waals surface area contributed by atoms with Crippen LogP contribution in [0.1, 0.15) is 19.6 Å². The number of hydrogen-bond donors (Lipinski definition) is 3. The van der Waals surface area contributed by atoms with Gasteiger partial charge in [0.25, 0.3) is 0 Å². The first-order chi connectivity index (χ1) is 11.0. The van der Waals surface area contributed by atoms with Gasteiger partial charge in [0.2, 0.25) is 0 Å². The van der Waals surface area contributed by atoms with Gasteiger partial charge in [0.05, 0.1) is 25.5 Å². The Balaban J connectivity index is 0.00000288. The van der Waals surface area contributed by atoms with Crippen molar-refractivity contribution in [1.82, 2.24) is 15.5 Å². The minimum Gasteiger partial charge on any atom is -0.466 e. The van der Waals surface area contributed by atoms with Crippen molar-refractivity contribution in [2.24, 2.45) is 4.99 Å². The van der Waals surface area contributed by atoms with Crippen LogP contribution in [-0.2, 0) is 10.3 Å². The number of rotatable bonds is 6. The number of nitrogens with zero attached hydrogens (tertiary/aromatic N) is 2. The quantitative estimate of drug-likeness (QED) is 0.340. The highest BCUT2D eigenvalue weighted by Gasteiger charge is 2.26. The van der Waals surface area contributed by atoms with Crippen LogP contribution in [0.25, 0.3) is 0 Å². The third kappa shape index (κ3) is 6.58. The Morgan fingerprint density at radius 2 is 2.29 bits per heavy atom. The lowest BCUT2D eigenvalue weighted by atomic mass is 10.0. The summed E-state index contributed by atoms with van der Waals surface area (Å²) in [6, 6.07) is 3.51. The number of furan rings is 1. The zero-order chi connectivity index (χ0) is 16.7. The summed E-state index contributed by atoms with van der Waals surface area (Å²) >= 11 is 0. The summed E-state index contributed by atoms with van der Waals surface area (Å²) in [5.74, 6) is 1.17. The molecule has 24 heavy (non-hydrogen) atoms. The molecule has 138 valence electrons. The molecule has 0 saturated carbocycles. The average Bonchev–Trinajstić information content (AvgIpc) is 3.05. The molecule has 1 aromatic heterocycles. The van der Waals surface area contributed by atoms with Crippen LogP contribution in [0.15, 0.2) is 27.8 Å². The van der Waals surface area contributed by atoms with Gasteiger partial charge in [-0.25, -0.2) is 4.99 Å². The predicted octanol–water partition coefficient (Wildman–Crippen LogP) is 0.991. The van der Waals surface area contributed by atoms with Gasteiger partial charge in [0.1, 0.15) is 11.4 Å². The molecule has 3 N–H and O–H groups in total. The Labute approximate surface area is 160 Å². The van der Waals surface area contributed by atoms with Crippen LogP contribution in [0, 0.1) is 0 Å². The molecule has 2 rings (SSSR count). The number of guanidine groups is 1. The van der Waals surface area contributed by atoms with E-state index < -0.39 is 5.60 Å². The van der Waals surface area contributed by atoms with E-state index in [2.05, 4.69) is 27.6 Å². The zero-order valence-corrected chi connectivity index (χ0v) is 16.9. The fraction of sp³-hybridized carbons (Fsp3) is 0.688. The molecule has 1 fully saturated rings. The normalized spacial score (nSPS) is 21.7. The standard InChI is InChI=1S/C16H28N4O3.HI/c1-4-17-15(18-10-13-11-20(3)7-9-22-13)19-12-16(2,21)14-6-5-8-23-14;/h5-6,8,13,21H,4,7,9-12H2,1-3H3,(H2,17,18,19);1H. The molecule has 8 heteroatoms. The lowest BCUT2D eigenvalue weighted by Gasteiger charge is -2.30. The van der Waals surface area contributed by atoms with Crippen LogP contribution < -0.4 is 10.6 Å². The summed E-state index contributed by atoms with van der Waals surface area (Å²) in [5, 5.41) is 16.9. The van der Waals surface area contributed by atoms with E-state index in [0.717, 1.165) is 26.2 Å². The molecule has 2 atom stereocenters. The molecule has 7 nitrogen and oxygen atoms in total. The van der Waals surface area contributed by atoms with Gasteiger partial charge in [-0.3, -0.25) is 0 Å². The maximum Gasteiger partial charge on any atom is 0.191 e. The van der Waals surface area contributed by atoms with Crippen molar-refractivity contribution in [3.63, 3.8) is 0 Å². The van der Waals surface area contributed by atoms with Crippen molar-refractivity contribution < 1.29 is 14.3 Å². The Morgan fingerprint density at radius 1 is 1.50 bits per heavy atom. The third-order valence-electron chi connectivity index (χ3n) is 3.78. The van der Waals surface area contributed by atoms with E-state index in [9.17, 15) is 5.11 Å². The topological polar surface area (TPSA) is 82.3 Å². The lowest BCUT2D eigenvalue weighted by Crippen LogP contribution is -2.48. The van der Waals surface area contributed by atoms with Crippen LogP contribution in [0.3, 0.4) is 0 Å². The van der Waals surface area contributed by atoms with Crippen LogP contribution in [0.5, 0.6) is 0 Å². The van der Waals surface area contributed by atoms with Crippen molar-refractivity contribution in [3.8, 4) is 0 Å². The Morgan fingerprint density at radius 3 is 2.92 bits per heavy atom. The first-order valence-electron chi connectivity index (χ1n) is 8.10. The first-order valence-corrected chi connectivity index (χ1v) is 8.10. The smallest absolute Gasteiger partial charge is 0.191 e. The largest absolute Gasteiger partial charge is 0.466 e. The number of nitrogens with one attached hydrogen (secondary N) is 2. The van der Waals surface area contributed by atoms with Crippen LogP contribution in [0.4, 0.5) is 0 Å². The number of hydrogen-bond acceptors (Lipinski definition) is 5. The number of aliphatic imine (C=N–C) groups is 1. The minimum absolute atomic E-state index is 0. The summed E-state index contributed by atoms with van der Waals surface area (Å²) in [6.45, 7) is 7.96. The monoisotopic (exact) mass is 452 g/mol. The second-order valence-electron chi connectivity index (χ2n) is 6.08. The summed E-state index contributed by atoms with van der Waals surface area (Å²) in [6.07, 6.45) is 1.69. The molecule has 0 amide bonds. The van der Waals surface area contributed by atoms with Gasteiger partial charge >= 0.3 is 0 Å². The summed E-state index contributed by atoms with van der Waals surface area (Å²) in [7, 11) is 2.09. The molecule has 0 aliphatic carbocycles. The molecule has 2 heterocycles. The summed E-state index contributed by atoms with van der Waals surface area (Å²) < 4.78 is 11.0. The summed E-state index contributed by atoms with van der Waals surface area (Å²) in [4.78, 5) is 6.71. The molecular weight excluding hydrogens is 423 g/mol. The van der Waals surface area contributed by atoms with Gasteiger partial charge in [0, 0.05) is 26.2 Å². The van der Waals surface area contributed by atoms with Gasteiger partial charge in [0.15, 0.2) is 5.96 Å². The van der Waals surface area contributed by atoms with Gasteiger partial charge in [-0.2, -0.15) is 0 Å². The highest BCUT2D eigenvalue weighted by Crippen LogP contribution is 2.20. The first kappa shape index (κ1) is 21.2. The minimum atomic E-state index is -1.13. The molecular formula is C16H29IN4O3. The molecule has 0 bridgehead atoms. The predicted molar refractivity (Wildman–Crippen MR) is 105 cm³/mol. The van der Waals surface area contributed by atoms with E-state index in [4.69, 9.17) is 9.15 Å². The van der Waals surface area contributed by atoms with E-state index in [0.29, 0.717) is 18.3 Å². The number of ether oxygens (including phenoxy) is 1. The van der Waals surface area contributed by atoms with E-state index in [1.54, 1.807) is 25.3 Å². The molecule has 1 saturated heterocycles. The lowest BCUT2D eigenvalue weighted by molar-refractivity contribution is -0.0161. The Hall–Kier alpha value is -0.840. The molecule has 1 aromatic rings. The van der Waals surface area contributed by atoms with Gasteiger partial charge < -0.3 is 29.8 Å². The molecule has 0 radical (unpaired) electrons. The second-order valence-corrected chi connectivity index (χ2v) is 6.08. The van der Waals surface area contributed by atoms with Crippen molar-refractivity contribution in [2.45, 2.75) is 25.6 Å². The molecule has 0 spiro atoms. The van der Waals surface area contributed by atoms with Gasteiger partial charge in [-0.1, -0.05) is 0 Å². The number of likely N-dealkylation sites (N-methyl/N-ethyl adjacent to an activating group) is 1. The Kier molecular flexibility index (Phi) is 9.03. The maximum atomic E-state index is 10.5.